The Bertz CT molecular complexity index is 750. The van der Waals surface area contributed by atoms with Gasteiger partial charge in [-0.2, -0.15) is 13.2 Å². The molecule has 0 unspecified atom stereocenters. The van der Waals surface area contributed by atoms with Gasteiger partial charge in [0, 0.05) is 18.7 Å². The molecule has 0 saturated heterocycles. The number of carbonyl (C=O) groups is 2. The van der Waals surface area contributed by atoms with Crippen LogP contribution < -0.4 is 10.6 Å². The Labute approximate surface area is 186 Å². The van der Waals surface area contributed by atoms with Crippen molar-refractivity contribution in [2.45, 2.75) is 76.5 Å². The summed E-state index contributed by atoms with van der Waals surface area (Å²) in [5, 5.41) is 15.1. The normalized spacial score (nSPS) is 16.2. The summed E-state index contributed by atoms with van der Waals surface area (Å²) in [5.74, 6) is -2.24. The fourth-order valence-corrected chi connectivity index (χ4v) is 3.27. The minimum atomic E-state index is -5.11. The molecule has 0 saturated carbocycles. The second-order valence-corrected chi connectivity index (χ2v) is 8.73. The number of hydrogen-bond donors (Lipinski definition) is 3. The van der Waals surface area contributed by atoms with Crippen molar-refractivity contribution in [2.75, 3.05) is 13.7 Å². The van der Waals surface area contributed by atoms with Crippen molar-refractivity contribution < 1.29 is 37.3 Å². The molecule has 0 bridgehead atoms. The number of nitrogens with one attached hydrogen (secondary N) is 2. The molecule has 0 aliphatic heterocycles. The lowest BCUT2D eigenvalue weighted by atomic mass is 9.90. The number of aliphatic hydroxyl groups excluding tert-OH is 1. The Morgan fingerprint density at radius 1 is 1.06 bits per heavy atom. The van der Waals surface area contributed by atoms with Gasteiger partial charge in [0.2, 0.25) is 0 Å². The zero-order chi connectivity index (χ0) is 24.7. The fourth-order valence-electron chi connectivity index (χ4n) is 3.27. The second kappa shape index (κ2) is 11.1. The van der Waals surface area contributed by atoms with E-state index in [-0.39, 0.29) is 6.04 Å². The van der Waals surface area contributed by atoms with Gasteiger partial charge in [-0.05, 0) is 20.8 Å². The van der Waals surface area contributed by atoms with Crippen molar-refractivity contribution in [3.05, 3.63) is 35.9 Å². The molecule has 0 aliphatic rings. The van der Waals surface area contributed by atoms with Gasteiger partial charge < -0.3 is 25.2 Å². The summed E-state index contributed by atoms with van der Waals surface area (Å²) < 4.78 is 52.6. The Kier molecular flexibility index (Phi) is 9.67. The molecule has 0 aliphatic carbocycles. The zero-order valence-electron chi connectivity index (χ0n) is 19.2. The number of alkyl halides is 3. The predicted molar refractivity (Wildman–Crippen MR) is 113 cm³/mol. The number of carbonyl (C=O) groups excluding carboxylic acids is 2. The molecule has 7 nitrogen and oxygen atoms in total. The van der Waals surface area contributed by atoms with E-state index >= 15 is 0 Å². The summed E-state index contributed by atoms with van der Waals surface area (Å²) in [6.45, 7) is 7.90. The number of esters is 1. The lowest BCUT2D eigenvalue weighted by Crippen LogP contribution is -2.62. The summed E-state index contributed by atoms with van der Waals surface area (Å²) in [6.07, 6.45) is -5.57. The molecule has 182 valence electrons. The molecule has 3 atom stereocenters. The Balaban J connectivity index is 3.37. The lowest BCUT2D eigenvalue weighted by molar-refractivity contribution is -0.266. The molecule has 0 radical (unpaired) electrons. The third kappa shape index (κ3) is 7.18. The first-order valence-electron chi connectivity index (χ1n) is 10.2. The maximum absolute atomic E-state index is 14.2. The van der Waals surface area contributed by atoms with E-state index in [1.165, 1.54) is 18.2 Å². The number of aliphatic hydroxyl groups is 1. The van der Waals surface area contributed by atoms with E-state index in [1.807, 2.05) is 0 Å². The number of methoxy groups -OCH3 is 1. The standard InChI is InChI=1S/C22H33F3N2O5/c1-14(2)26-17(13-28)16(12-18(29)32-20(3,4)5)27-19(30)21(31-6,22(23,24)25)15-10-8-7-9-11-15/h7-11,14,16-17,26,28H,12-13H2,1-6H3,(H,27,30)/t16-,17-,21+/m0/s1. The van der Waals surface area contributed by atoms with Crippen LogP contribution in [-0.4, -0.2) is 60.6 Å². The number of halogens is 3. The summed E-state index contributed by atoms with van der Waals surface area (Å²) >= 11 is 0. The summed E-state index contributed by atoms with van der Waals surface area (Å²) in [6, 6.07) is 4.20. The fraction of sp³-hybridized carbons (Fsp3) is 0.636. The van der Waals surface area contributed by atoms with Crippen LogP contribution in [0.2, 0.25) is 0 Å². The van der Waals surface area contributed by atoms with Gasteiger partial charge in [-0.25, -0.2) is 0 Å². The topological polar surface area (TPSA) is 96.9 Å². The van der Waals surface area contributed by atoms with Crippen LogP contribution in [0.1, 0.15) is 46.6 Å². The molecule has 1 rings (SSSR count). The quantitative estimate of drug-likeness (QED) is 0.463. The van der Waals surface area contributed by atoms with Gasteiger partial charge in [0.1, 0.15) is 5.60 Å². The Morgan fingerprint density at radius 3 is 2.03 bits per heavy atom. The highest BCUT2D eigenvalue weighted by molar-refractivity contribution is 5.88. The average Bonchev–Trinajstić information content (AvgIpc) is 2.64. The van der Waals surface area contributed by atoms with Crippen molar-refractivity contribution in [3.8, 4) is 0 Å². The Hall–Kier alpha value is -2.17. The van der Waals surface area contributed by atoms with Crippen molar-refractivity contribution in [1.82, 2.24) is 10.6 Å². The van der Waals surface area contributed by atoms with E-state index in [0.717, 1.165) is 19.2 Å². The summed E-state index contributed by atoms with van der Waals surface area (Å²) in [7, 11) is 0.791. The highest BCUT2D eigenvalue weighted by atomic mass is 19.4. The highest BCUT2D eigenvalue weighted by Crippen LogP contribution is 2.42. The van der Waals surface area contributed by atoms with Gasteiger partial charge in [-0.15, -0.1) is 0 Å². The maximum Gasteiger partial charge on any atom is 0.430 e. The molecule has 0 heterocycles. The Morgan fingerprint density at radius 2 is 1.62 bits per heavy atom. The molecule has 1 aromatic carbocycles. The van der Waals surface area contributed by atoms with Crippen molar-refractivity contribution >= 4 is 11.9 Å². The molecule has 0 spiro atoms. The van der Waals surface area contributed by atoms with E-state index in [4.69, 9.17) is 9.47 Å². The number of ether oxygens (including phenoxy) is 2. The van der Waals surface area contributed by atoms with Gasteiger partial charge in [0.05, 0.1) is 25.1 Å². The van der Waals surface area contributed by atoms with Gasteiger partial charge in [-0.3, -0.25) is 9.59 Å². The minimum absolute atomic E-state index is 0.186. The van der Waals surface area contributed by atoms with Gasteiger partial charge in [0.25, 0.3) is 11.5 Å². The van der Waals surface area contributed by atoms with Crippen LogP contribution in [0.15, 0.2) is 30.3 Å². The number of benzene rings is 1. The zero-order valence-corrected chi connectivity index (χ0v) is 19.2. The third-order valence-corrected chi connectivity index (χ3v) is 4.56. The van der Waals surface area contributed by atoms with E-state index < -0.39 is 59.9 Å². The number of rotatable bonds is 10. The smallest absolute Gasteiger partial charge is 0.430 e. The molecule has 3 N–H and O–H groups in total. The van der Waals surface area contributed by atoms with Crippen LogP contribution >= 0.6 is 0 Å². The lowest BCUT2D eigenvalue weighted by Gasteiger charge is -2.36. The molecule has 32 heavy (non-hydrogen) atoms. The first-order valence-corrected chi connectivity index (χ1v) is 10.2. The van der Waals surface area contributed by atoms with Gasteiger partial charge in [-0.1, -0.05) is 44.2 Å². The van der Waals surface area contributed by atoms with Gasteiger partial charge >= 0.3 is 12.1 Å². The molecule has 0 aromatic heterocycles. The van der Waals surface area contributed by atoms with Crippen LogP contribution in [0.3, 0.4) is 0 Å². The van der Waals surface area contributed by atoms with Gasteiger partial charge in [0.15, 0.2) is 0 Å². The minimum Gasteiger partial charge on any atom is -0.460 e. The number of amides is 1. The average molecular weight is 463 g/mol. The third-order valence-electron chi connectivity index (χ3n) is 4.56. The number of hydrogen-bond acceptors (Lipinski definition) is 6. The molecule has 1 aromatic rings. The van der Waals surface area contributed by atoms with Crippen molar-refractivity contribution in [1.29, 1.82) is 0 Å². The van der Waals surface area contributed by atoms with Crippen molar-refractivity contribution in [2.24, 2.45) is 0 Å². The first-order chi connectivity index (χ1) is 14.7. The predicted octanol–water partition coefficient (Wildman–Crippen LogP) is 2.67. The highest BCUT2D eigenvalue weighted by Gasteiger charge is 2.63. The second-order valence-electron chi connectivity index (χ2n) is 8.73. The molecule has 10 heteroatoms. The summed E-state index contributed by atoms with van der Waals surface area (Å²) in [5.41, 5.74) is -4.56. The molecular formula is C22H33F3N2O5. The van der Waals surface area contributed by atoms with Crippen LogP contribution in [0.5, 0.6) is 0 Å². The van der Waals surface area contributed by atoms with Crippen LogP contribution in [0.4, 0.5) is 13.2 Å². The van der Waals surface area contributed by atoms with E-state index in [2.05, 4.69) is 10.6 Å². The summed E-state index contributed by atoms with van der Waals surface area (Å²) in [4.78, 5) is 25.5. The van der Waals surface area contributed by atoms with Crippen molar-refractivity contribution in [3.63, 3.8) is 0 Å². The van der Waals surface area contributed by atoms with Crippen LogP contribution in [0.25, 0.3) is 0 Å². The van der Waals surface area contributed by atoms with E-state index in [1.54, 1.807) is 34.6 Å². The maximum atomic E-state index is 14.2. The first kappa shape index (κ1) is 27.9. The van der Waals surface area contributed by atoms with E-state index in [0.29, 0.717) is 0 Å². The largest absolute Gasteiger partial charge is 0.460 e. The molecular weight excluding hydrogens is 429 g/mol. The SMILES string of the molecule is CO[C@@](C(=O)N[C@@H](CC(=O)OC(C)(C)C)[C@H](CO)NC(C)C)(c1ccccc1)C(F)(F)F. The monoisotopic (exact) mass is 462 g/mol. The van der Waals surface area contributed by atoms with E-state index in [9.17, 15) is 27.9 Å². The van der Waals surface area contributed by atoms with Crippen LogP contribution in [-0.2, 0) is 24.7 Å². The molecule has 0 fully saturated rings. The molecule has 1 amide bonds. The van der Waals surface area contributed by atoms with Crippen LogP contribution in [0, 0.1) is 0 Å².